The quantitative estimate of drug-likeness (QED) is 0.851. The Bertz CT molecular complexity index is 439. The van der Waals surface area contributed by atoms with Crippen molar-refractivity contribution in [3.05, 3.63) is 30.1 Å². The first-order chi connectivity index (χ1) is 8.20. The molecule has 1 atom stereocenters. The Morgan fingerprint density at radius 3 is 2.88 bits per heavy atom. The van der Waals surface area contributed by atoms with E-state index in [1.165, 1.54) is 12.1 Å². The van der Waals surface area contributed by atoms with Crippen molar-refractivity contribution in [2.24, 2.45) is 5.92 Å². The first-order valence-corrected chi connectivity index (χ1v) is 5.64. The normalized spacial score (nSPS) is 18.2. The molecule has 3 nitrogen and oxygen atoms in total. The smallest absolute Gasteiger partial charge is 0.151 e. The summed E-state index contributed by atoms with van der Waals surface area (Å²) in [6.07, 6.45) is 2.03. The zero-order valence-corrected chi connectivity index (χ0v) is 9.74. The lowest BCUT2D eigenvalue weighted by molar-refractivity contribution is 0.155. The van der Waals surface area contributed by atoms with Crippen LogP contribution in [0.1, 0.15) is 12.8 Å². The standard InChI is InChI=1S/C13H15FN2O/c1-17-9-13(8-15,10-5-6-10)16-12-4-2-3-11(14)7-12/h2-4,7,10,16H,5-6,9H2,1H3. The number of nitrogens with one attached hydrogen (secondary N) is 1. The van der Waals surface area contributed by atoms with Crippen molar-refractivity contribution in [2.75, 3.05) is 19.0 Å². The molecule has 4 heteroatoms. The van der Waals surface area contributed by atoms with Gasteiger partial charge in [0.25, 0.3) is 0 Å². The fourth-order valence-electron chi connectivity index (χ4n) is 2.04. The molecule has 0 aromatic heterocycles. The van der Waals surface area contributed by atoms with E-state index in [0.29, 0.717) is 12.3 Å². The Morgan fingerprint density at radius 2 is 2.35 bits per heavy atom. The number of hydrogen-bond donors (Lipinski definition) is 1. The first-order valence-electron chi connectivity index (χ1n) is 5.64. The SMILES string of the molecule is COCC(C#N)(Nc1cccc(F)c1)C1CC1. The van der Waals surface area contributed by atoms with Crippen LogP contribution in [-0.2, 0) is 4.74 Å². The molecule has 2 rings (SSSR count). The van der Waals surface area contributed by atoms with E-state index in [0.717, 1.165) is 12.8 Å². The van der Waals surface area contributed by atoms with Gasteiger partial charge in [-0.25, -0.2) is 4.39 Å². The average molecular weight is 234 g/mol. The fraction of sp³-hybridized carbons (Fsp3) is 0.462. The molecule has 1 unspecified atom stereocenters. The van der Waals surface area contributed by atoms with Crippen LogP contribution in [0.4, 0.5) is 10.1 Å². The van der Waals surface area contributed by atoms with Crippen molar-refractivity contribution in [1.82, 2.24) is 0 Å². The lowest BCUT2D eigenvalue weighted by Crippen LogP contribution is -2.43. The van der Waals surface area contributed by atoms with E-state index >= 15 is 0 Å². The number of benzene rings is 1. The van der Waals surface area contributed by atoms with Gasteiger partial charge in [-0.05, 0) is 37.0 Å². The molecule has 0 saturated heterocycles. The monoisotopic (exact) mass is 234 g/mol. The fourth-order valence-corrected chi connectivity index (χ4v) is 2.04. The van der Waals surface area contributed by atoms with Crippen LogP contribution in [0.5, 0.6) is 0 Å². The van der Waals surface area contributed by atoms with Crippen molar-refractivity contribution in [1.29, 1.82) is 5.26 Å². The molecule has 1 aliphatic carbocycles. The second kappa shape index (κ2) is 4.72. The van der Waals surface area contributed by atoms with Gasteiger partial charge in [-0.3, -0.25) is 0 Å². The first kappa shape index (κ1) is 11.9. The number of nitrogens with zero attached hydrogens (tertiary/aromatic N) is 1. The lowest BCUT2D eigenvalue weighted by atomic mass is 9.95. The molecule has 1 fully saturated rings. The van der Waals surface area contributed by atoms with Crippen LogP contribution < -0.4 is 5.32 Å². The summed E-state index contributed by atoms with van der Waals surface area (Å²) in [6.45, 7) is 0.310. The van der Waals surface area contributed by atoms with Crippen LogP contribution in [0, 0.1) is 23.1 Å². The molecule has 1 aromatic carbocycles. The zero-order chi connectivity index (χ0) is 12.3. The third-order valence-electron chi connectivity index (χ3n) is 3.04. The van der Waals surface area contributed by atoms with E-state index in [4.69, 9.17) is 4.74 Å². The minimum absolute atomic E-state index is 0.288. The number of ether oxygens (including phenoxy) is 1. The highest BCUT2D eigenvalue weighted by atomic mass is 19.1. The lowest BCUT2D eigenvalue weighted by Gasteiger charge is -2.28. The number of methoxy groups -OCH3 is 1. The van der Waals surface area contributed by atoms with Gasteiger partial charge in [0.2, 0.25) is 0 Å². The van der Waals surface area contributed by atoms with Gasteiger partial charge >= 0.3 is 0 Å². The van der Waals surface area contributed by atoms with Gasteiger partial charge in [-0.1, -0.05) is 6.07 Å². The minimum atomic E-state index is -0.734. The van der Waals surface area contributed by atoms with E-state index in [1.807, 2.05) is 0 Å². The van der Waals surface area contributed by atoms with Gasteiger partial charge in [0.05, 0.1) is 12.7 Å². The predicted octanol–water partition coefficient (Wildman–Crippen LogP) is 2.56. The van der Waals surface area contributed by atoms with E-state index in [-0.39, 0.29) is 11.7 Å². The van der Waals surface area contributed by atoms with E-state index in [2.05, 4.69) is 11.4 Å². The van der Waals surface area contributed by atoms with E-state index < -0.39 is 5.54 Å². The molecule has 90 valence electrons. The molecular weight excluding hydrogens is 219 g/mol. The molecule has 0 spiro atoms. The second-order valence-corrected chi connectivity index (χ2v) is 4.43. The molecule has 0 radical (unpaired) electrons. The van der Waals surface area contributed by atoms with Crippen molar-refractivity contribution < 1.29 is 9.13 Å². The Hall–Kier alpha value is -1.60. The highest BCUT2D eigenvalue weighted by Gasteiger charge is 2.46. The maximum Gasteiger partial charge on any atom is 0.151 e. The summed E-state index contributed by atoms with van der Waals surface area (Å²) in [6, 6.07) is 8.44. The summed E-state index contributed by atoms with van der Waals surface area (Å²) in [5.74, 6) is -0.0224. The van der Waals surface area contributed by atoms with Crippen molar-refractivity contribution in [3.8, 4) is 6.07 Å². The highest BCUT2D eigenvalue weighted by Crippen LogP contribution is 2.41. The highest BCUT2D eigenvalue weighted by molar-refractivity contribution is 5.49. The number of anilines is 1. The summed E-state index contributed by atoms with van der Waals surface area (Å²) in [5, 5.41) is 12.5. The maximum atomic E-state index is 13.1. The summed E-state index contributed by atoms with van der Waals surface area (Å²) < 4.78 is 18.2. The minimum Gasteiger partial charge on any atom is -0.381 e. The molecule has 1 aromatic rings. The van der Waals surface area contributed by atoms with Crippen molar-refractivity contribution in [3.63, 3.8) is 0 Å². The van der Waals surface area contributed by atoms with Gasteiger partial charge in [0.15, 0.2) is 5.54 Å². The van der Waals surface area contributed by atoms with Crippen LogP contribution in [0.15, 0.2) is 24.3 Å². The van der Waals surface area contributed by atoms with Crippen LogP contribution in [0.2, 0.25) is 0 Å². The topological polar surface area (TPSA) is 45.0 Å². The molecule has 1 saturated carbocycles. The van der Waals surface area contributed by atoms with E-state index in [1.54, 1.807) is 19.2 Å². The molecule has 0 amide bonds. The number of rotatable bonds is 5. The summed E-state index contributed by atoms with van der Waals surface area (Å²) in [5.41, 5.74) is -0.113. The molecule has 17 heavy (non-hydrogen) atoms. The van der Waals surface area contributed by atoms with Gasteiger partial charge < -0.3 is 10.1 Å². The molecular formula is C13H15FN2O. The number of nitriles is 1. The molecule has 1 N–H and O–H groups in total. The van der Waals surface area contributed by atoms with Crippen molar-refractivity contribution >= 4 is 5.69 Å². The van der Waals surface area contributed by atoms with Crippen LogP contribution in [0.3, 0.4) is 0 Å². The third-order valence-corrected chi connectivity index (χ3v) is 3.04. The van der Waals surface area contributed by atoms with Gasteiger partial charge in [0, 0.05) is 12.8 Å². The van der Waals surface area contributed by atoms with Gasteiger partial charge in [-0.15, -0.1) is 0 Å². The number of halogens is 1. The summed E-state index contributed by atoms with van der Waals surface area (Å²) in [4.78, 5) is 0. The maximum absolute atomic E-state index is 13.1. The van der Waals surface area contributed by atoms with Gasteiger partial charge in [0.1, 0.15) is 5.82 Å². The Morgan fingerprint density at radius 1 is 1.59 bits per heavy atom. The van der Waals surface area contributed by atoms with Crippen molar-refractivity contribution in [2.45, 2.75) is 18.4 Å². The largest absolute Gasteiger partial charge is 0.381 e. The Labute approximate surface area is 100 Å². The average Bonchev–Trinajstić information content (AvgIpc) is 3.12. The zero-order valence-electron chi connectivity index (χ0n) is 9.74. The van der Waals surface area contributed by atoms with E-state index in [9.17, 15) is 9.65 Å². The summed E-state index contributed by atoms with van der Waals surface area (Å²) in [7, 11) is 1.57. The molecule has 0 aliphatic heterocycles. The molecule has 0 heterocycles. The Kier molecular flexibility index (Phi) is 3.30. The third kappa shape index (κ3) is 2.56. The predicted molar refractivity (Wildman–Crippen MR) is 63.0 cm³/mol. The molecule has 0 bridgehead atoms. The van der Waals surface area contributed by atoms with Crippen LogP contribution in [0.25, 0.3) is 0 Å². The Balaban J connectivity index is 2.20. The van der Waals surface area contributed by atoms with Gasteiger partial charge in [-0.2, -0.15) is 5.26 Å². The van der Waals surface area contributed by atoms with Crippen LogP contribution >= 0.6 is 0 Å². The number of hydrogen-bond acceptors (Lipinski definition) is 3. The summed E-state index contributed by atoms with van der Waals surface area (Å²) >= 11 is 0. The second-order valence-electron chi connectivity index (χ2n) is 4.43. The van der Waals surface area contributed by atoms with Crippen LogP contribution in [-0.4, -0.2) is 19.3 Å². The molecule has 1 aliphatic rings.